The van der Waals surface area contributed by atoms with Gasteiger partial charge in [-0.3, -0.25) is 14.9 Å². The van der Waals surface area contributed by atoms with E-state index >= 15 is 0 Å². The molecule has 1 aliphatic rings. The molecule has 0 aliphatic carbocycles. The number of likely N-dealkylation sites (N-methyl/N-ethyl adjacent to an activating group) is 1. The third kappa shape index (κ3) is 4.97. The highest BCUT2D eigenvalue weighted by molar-refractivity contribution is 6.07. The normalized spacial score (nSPS) is 14.0. The van der Waals surface area contributed by atoms with Gasteiger partial charge in [0.05, 0.1) is 36.1 Å². The number of carbonyl (C=O) groups is 2. The lowest BCUT2D eigenvalue weighted by Gasteiger charge is -2.36. The van der Waals surface area contributed by atoms with Crippen LogP contribution in [0.1, 0.15) is 27.6 Å². The van der Waals surface area contributed by atoms with Gasteiger partial charge in [0.15, 0.2) is 5.75 Å². The first-order chi connectivity index (χ1) is 15.4. The summed E-state index contributed by atoms with van der Waals surface area (Å²) in [6.07, 6.45) is 0. The van der Waals surface area contributed by atoms with Gasteiger partial charge in [-0.05, 0) is 36.9 Å². The van der Waals surface area contributed by atoms with Gasteiger partial charge in [-0.25, -0.2) is 4.79 Å². The number of nitro benzene ring substituents is 1. The summed E-state index contributed by atoms with van der Waals surface area (Å²) >= 11 is 0. The Bertz CT molecular complexity index is 1020. The predicted octanol–water partition coefficient (Wildman–Crippen LogP) is 2.78. The number of carbonyl (C=O) groups excluding carboxylic acids is 2. The standard InChI is InChI=1S/C22H26N4O6/c1-4-24-9-11-25(12-10-24)18-7-5-16(22(28)32-3)13-17(18)23-21(27)15-6-8-20(31-2)19(14-15)26(29)30/h5-8,13-14H,4,9-12H2,1-3H3,(H,23,27). The Kier molecular flexibility index (Phi) is 7.26. The molecule has 0 bridgehead atoms. The summed E-state index contributed by atoms with van der Waals surface area (Å²) in [5, 5.41) is 14.1. The number of hydrogen-bond acceptors (Lipinski definition) is 8. The topological polar surface area (TPSA) is 114 Å². The van der Waals surface area contributed by atoms with Gasteiger partial charge in [0, 0.05) is 37.8 Å². The molecule has 2 aromatic carbocycles. The highest BCUT2D eigenvalue weighted by Gasteiger charge is 2.23. The van der Waals surface area contributed by atoms with Crippen molar-refractivity contribution in [3.05, 3.63) is 57.6 Å². The molecule has 3 rings (SSSR count). The first-order valence-corrected chi connectivity index (χ1v) is 10.2. The minimum atomic E-state index is -0.605. The van der Waals surface area contributed by atoms with Crippen molar-refractivity contribution in [1.29, 1.82) is 0 Å². The van der Waals surface area contributed by atoms with Crippen molar-refractivity contribution in [2.45, 2.75) is 6.92 Å². The quantitative estimate of drug-likeness (QED) is 0.396. The van der Waals surface area contributed by atoms with E-state index in [0.29, 0.717) is 11.3 Å². The van der Waals surface area contributed by atoms with Gasteiger partial charge in [-0.15, -0.1) is 0 Å². The number of methoxy groups -OCH3 is 2. The smallest absolute Gasteiger partial charge is 0.337 e. The van der Waals surface area contributed by atoms with Crippen molar-refractivity contribution in [3.63, 3.8) is 0 Å². The molecule has 1 aliphatic heterocycles. The Morgan fingerprint density at radius 1 is 1.06 bits per heavy atom. The molecule has 0 spiro atoms. The maximum atomic E-state index is 13.0. The summed E-state index contributed by atoms with van der Waals surface area (Å²) in [5.74, 6) is -0.997. The van der Waals surface area contributed by atoms with E-state index in [0.717, 1.165) is 44.5 Å². The zero-order valence-corrected chi connectivity index (χ0v) is 18.3. The minimum absolute atomic E-state index is 0.0636. The lowest BCUT2D eigenvalue weighted by molar-refractivity contribution is -0.385. The predicted molar refractivity (Wildman–Crippen MR) is 120 cm³/mol. The fourth-order valence-corrected chi connectivity index (χ4v) is 3.63. The zero-order chi connectivity index (χ0) is 23.3. The Morgan fingerprint density at radius 2 is 1.75 bits per heavy atom. The van der Waals surface area contributed by atoms with Crippen LogP contribution in [-0.4, -0.2) is 68.6 Å². The van der Waals surface area contributed by atoms with Crippen LogP contribution >= 0.6 is 0 Å². The average Bonchev–Trinajstić information content (AvgIpc) is 2.83. The van der Waals surface area contributed by atoms with Gasteiger partial charge in [-0.1, -0.05) is 6.92 Å². The summed E-state index contributed by atoms with van der Waals surface area (Å²) in [4.78, 5) is 40.2. The lowest BCUT2D eigenvalue weighted by Crippen LogP contribution is -2.46. The number of rotatable bonds is 7. The molecule has 2 aromatic rings. The number of nitrogens with zero attached hydrogens (tertiary/aromatic N) is 3. The molecule has 1 heterocycles. The van der Waals surface area contributed by atoms with Crippen molar-refractivity contribution in [3.8, 4) is 5.75 Å². The fourth-order valence-electron chi connectivity index (χ4n) is 3.63. The summed E-state index contributed by atoms with van der Waals surface area (Å²) in [6.45, 7) is 6.38. The molecule has 0 radical (unpaired) electrons. The molecule has 1 amide bonds. The Labute approximate surface area is 185 Å². The third-order valence-corrected chi connectivity index (χ3v) is 5.46. The summed E-state index contributed by atoms with van der Waals surface area (Å²) in [7, 11) is 2.61. The van der Waals surface area contributed by atoms with Gasteiger partial charge in [-0.2, -0.15) is 0 Å². The monoisotopic (exact) mass is 442 g/mol. The van der Waals surface area contributed by atoms with Crippen LogP contribution in [0.5, 0.6) is 5.75 Å². The molecule has 0 unspecified atom stereocenters. The van der Waals surface area contributed by atoms with Gasteiger partial charge >= 0.3 is 11.7 Å². The second kappa shape index (κ2) is 10.1. The van der Waals surface area contributed by atoms with Crippen LogP contribution in [0.4, 0.5) is 17.1 Å². The average molecular weight is 442 g/mol. The van der Waals surface area contributed by atoms with Crippen LogP contribution in [0, 0.1) is 10.1 Å². The molecule has 170 valence electrons. The van der Waals surface area contributed by atoms with Crippen molar-refractivity contribution < 1.29 is 24.0 Å². The largest absolute Gasteiger partial charge is 0.490 e. The molecular weight excluding hydrogens is 416 g/mol. The Balaban J connectivity index is 1.92. The molecule has 10 nitrogen and oxygen atoms in total. The van der Waals surface area contributed by atoms with Gasteiger partial charge in [0.1, 0.15) is 0 Å². The number of benzene rings is 2. The zero-order valence-electron chi connectivity index (χ0n) is 18.3. The Morgan fingerprint density at radius 3 is 2.34 bits per heavy atom. The minimum Gasteiger partial charge on any atom is -0.490 e. The second-order valence-electron chi connectivity index (χ2n) is 7.24. The third-order valence-electron chi connectivity index (χ3n) is 5.46. The number of nitro groups is 1. The highest BCUT2D eigenvalue weighted by Crippen LogP contribution is 2.31. The first kappa shape index (κ1) is 23.0. The molecule has 1 saturated heterocycles. The number of ether oxygens (including phenoxy) is 2. The SMILES string of the molecule is CCN1CCN(c2ccc(C(=O)OC)cc2NC(=O)c2ccc(OC)c([N+](=O)[O-])c2)CC1. The van der Waals surface area contributed by atoms with E-state index in [1.807, 2.05) is 0 Å². The molecule has 10 heteroatoms. The lowest BCUT2D eigenvalue weighted by atomic mass is 10.1. The molecule has 0 aromatic heterocycles. The van der Waals surface area contributed by atoms with Gasteiger partial charge in [0.25, 0.3) is 5.91 Å². The molecule has 1 N–H and O–H groups in total. The van der Waals surface area contributed by atoms with Crippen molar-refractivity contribution >= 4 is 28.9 Å². The summed E-state index contributed by atoms with van der Waals surface area (Å²) in [5.41, 5.74) is 1.28. The van der Waals surface area contributed by atoms with Gasteiger partial charge < -0.3 is 24.6 Å². The molecule has 32 heavy (non-hydrogen) atoms. The van der Waals surface area contributed by atoms with E-state index in [-0.39, 0.29) is 17.0 Å². The van der Waals surface area contributed by atoms with Crippen molar-refractivity contribution in [2.24, 2.45) is 0 Å². The van der Waals surface area contributed by atoms with Gasteiger partial charge in [0.2, 0.25) is 0 Å². The number of hydrogen-bond donors (Lipinski definition) is 1. The van der Waals surface area contributed by atoms with E-state index in [2.05, 4.69) is 22.0 Å². The molecule has 1 fully saturated rings. The number of amides is 1. The summed E-state index contributed by atoms with van der Waals surface area (Å²) < 4.78 is 9.80. The van der Waals surface area contributed by atoms with Crippen LogP contribution in [-0.2, 0) is 4.74 Å². The maximum absolute atomic E-state index is 13.0. The number of anilines is 2. The first-order valence-electron chi connectivity index (χ1n) is 10.2. The van der Waals surface area contributed by atoms with Crippen LogP contribution < -0.4 is 15.0 Å². The van der Waals surface area contributed by atoms with Crippen LogP contribution in [0.3, 0.4) is 0 Å². The van der Waals surface area contributed by atoms with E-state index in [4.69, 9.17) is 9.47 Å². The number of nitrogens with one attached hydrogen (secondary N) is 1. The Hall–Kier alpha value is -3.66. The van der Waals surface area contributed by atoms with Crippen LogP contribution in [0.2, 0.25) is 0 Å². The fraction of sp³-hybridized carbons (Fsp3) is 0.364. The van der Waals surface area contributed by atoms with Crippen molar-refractivity contribution in [2.75, 3.05) is 57.2 Å². The summed E-state index contributed by atoms with van der Waals surface area (Å²) in [6, 6.07) is 8.98. The van der Waals surface area contributed by atoms with Crippen LogP contribution in [0.25, 0.3) is 0 Å². The molecular formula is C22H26N4O6. The van der Waals surface area contributed by atoms with Crippen LogP contribution in [0.15, 0.2) is 36.4 Å². The highest BCUT2D eigenvalue weighted by atomic mass is 16.6. The molecule has 0 atom stereocenters. The second-order valence-corrected chi connectivity index (χ2v) is 7.24. The van der Waals surface area contributed by atoms with E-state index in [1.54, 1.807) is 18.2 Å². The number of piperazine rings is 1. The van der Waals surface area contributed by atoms with E-state index in [9.17, 15) is 19.7 Å². The van der Waals surface area contributed by atoms with E-state index < -0.39 is 16.8 Å². The molecule has 0 saturated carbocycles. The van der Waals surface area contributed by atoms with Crippen molar-refractivity contribution in [1.82, 2.24) is 4.90 Å². The number of esters is 1. The van der Waals surface area contributed by atoms with E-state index in [1.165, 1.54) is 26.4 Å². The maximum Gasteiger partial charge on any atom is 0.337 e.